The van der Waals surface area contributed by atoms with E-state index >= 15 is 0 Å². The normalized spacial score (nSPS) is 25.1. The van der Waals surface area contributed by atoms with E-state index in [0.717, 1.165) is 32.4 Å². The number of carbonyl (C=O) groups is 2. The highest BCUT2D eigenvalue weighted by molar-refractivity contribution is 5.85. The molecule has 2 aliphatic rings. The quantitative estimate of drug-likeness (QED) is 0.810. The van der Waals surface area contributed by atoms with E-state index in [9.17, 15) is 9.59 Å². The van der Waals surface area contributed by atoms with Crippen molar-refractivity contribution in [2.75, 3.05) is 32.7 Å². The van der Waals surface area contributed by atoms with Crippen LogP contribution in [-0.4, -0.2) is 60.5 Å². The monoisotopic (exact) mass is 332 g/mol. The first-order valence-electron chi connectivity index (χ1n) is 8.04. The van der Waals surface area contributed by atoms with Crippen LogP contribution in [0.4, 0.5) is 4.79 Å². The van der Waals surface area contributed by atoms with Crippen molar-refractivity contribution in [3.63, 3.8) is 0 Å². The summed E-state index contributed by atoms with van der Waals surface area (Å²) in [7, 11) is 0. The maximum atomic E-state index is 12.5. The van der Waals surface area contributed by atoms with Gasteiger partial charge in [0, 0.05) is 38.8 Å². The Bertz CT molecular complexity index is 392. The van der Waals surface area contributed by atoms with Gasteiger partial charge in [0.25, 0.3) is 0 Å². The Morgan fingerprint density at radius 3 is 2.50 bits per heavy atom. The van der Waals surface area contributed by atoms with Gasteiger partial charge in [-0.1, -0.05) is 13.8 Å². The van der Waals surface area contributed by atoms with Gasteiger partial charge in [0.2, 0.25) is 5.91 Å². The highest BCUT2D eigenvalue weighted by Crippen LogP contribution is 2.21. The third kappa shape index (κ3) is 5.02. The Morgan fingerprint density at radius 2 is 1.91 bits per heavy atom. The number of amides is 3. The van der Waals surface area contributed by atoms with Crippen LogP contribution in [0.3, 0.4) is 0 Å². The van der Waals surface area contributed by atoms with E-state index < -0.39 is 0 Å². The molecule has 0 aromatic rings. The molecule has 7 heteroatoms. The average Bonchev–Trinajstić information content (AvgIpc) is 2.90. The molecule has 128 valence electrons. The molecule has 2 fully saturated rings. The first-order valence-corrected chi connectivity index (χ1v) is 8.04. The standard InChI is InChI=1S/C15H28N4O2.ClH/c1-11(2)8-17-15(21)19-6-3-4-12(9-19)14(20)18-7-5-13(16)10-18;/h11-13H,3-10,16H2,1-2H3,(H,17,21);1H/t12?,13-;/m1./s1. The molecule has 2 rings (SSSR count). The Balaban J connectivity index is 0.00000242. The summed E-state index contributed by atoms with van der Waals surface area (Å²) in [6.45, 7) is 7.51. The van der Waals surface area contributed by atoms with Crippen molar-refractivity contribution in [3.8, 4) is 0 Å². The molecule has 2 saturated heterocycles. The van der Waals surface area contributed by atoms with Crippen LogP contribution >= 0.6 is 12.4 Å². The van der Waals surface area contributed by atoms with Crippen molar-refractivity contribution in [1.29, 1.82) is 0 Å². The summed E-state index contributed by atoms with van der Waals surface area (Å²) in [5, 5.41) is 2.93. The molecular weight excluding hydrogens is 304 g/mol. The molecule has 2 aliphatic heterocycles. The lowest BCUT2D eigenvalue weighted by molar-refractivity contribution is -0.135. The van der Waals surface area contributed by atoms with E-state index in [4.69, 9.17) is 5.73 Å². The summed E-state index contributed by atoms with van der Waals surface area (Å²) in [6.07, 6.45) is 2.65. The lowest BCUT2D eigenvalue weighted by Crippen LogP contribution is -2.50. The highest BCUT2D eigenvalue weighted by atomic mass is 35.5. The van der Waals surface area contributed by atoms with Gasteiger partial charge in [-0.2, -0.15) is 0 Å². The van der Waals surface area contributed by atoms with Gasteiger partial charge in [-0.15, -0.1) is 12.4 Å². The van der Waals surface area contributed by atoms with Crippen LogP contribution in [0.25, 0.3) is 0 Å². The number of nitrogens with two attached hydrogens (primary N) is 1. The molecule has 0 spiro atoms. The SMILES string of the molecule is CC(C)CNC(=O)N1CCCC(C(=O)N2CC[C@@H](N)C2)C1.Cl. The van der Waals surface area contributed by atoms with Crippen LogP contribution in [0.1, 0.15) is 33.1 Å². The van der Waals surface area contributed by atoms with Gasteiger partial charge in [-0.25, -0.2) is 4.79 Å². The summed E-state index contributed by atoms with van der Waals surface area (Å²) >= 11 is 0. The average molecular weight is 333 g/mol. The summed E-state index contributed by atoms with van der Waals surface area (Å²) in [5.74, 6) is 0.542. The largest absolute Gasteiger partial charge is 0.341 e. The number of halogens is 1. The van der Waals surface area contributed by atoms with Crippen molar-refractivity contribution in [1.82, 2.24) is 15.1 Å². The van der Waals surface area contributed by atoms with Crippen LogP contribution in [0.5, 0.6) is 0 Å². The minimum atomic E-state index is -0.0613. The fourth-order valence-electron chi connectivity index (χ4n) is 3.01. The highest BCUT2D eigenvalue weighted by Gasteiger charge is 2.33. The second-order valence-corrected chi connectivity index (χ2v) is 6.70. The van der Waals surface area contributed by atoms with Crippen LogP contribution in [0.2, 0.25) is 0 Å². The van der Waals surface area contributed by atoms with E-state index in [0.29, 0.717) is 25.6 Å². The van der Waals surface area contributed by atoms with Gasteiger partial charge >= 0.3 is 6.03 Å². The fraction of sp³-hybridized carbons (Fsp3) is 0.867. The van der Waals surface area contributed by atoms with Gasteiger partial charge in [-0.05, 0) is 25.2 Å². The molecule has 22 heavy (non-hydrogen) atoms. The molecule has 0 aromatic heterocycles. The molecule has 2 heterocycles. The number of carbonyl (C=O) groups excluding carboxylic acids is 2. The number of nitrogens with zero attached hydrogens (tertiary/aromatic N) is 2. The van der Waals surface area contributed by atoms with Gasteiger partial charge in [0.1, 0.15) is 0 Å². The maximum Gasteiger partial charge on any atom is 0.317 e. The fourth-order valence-corrected chi connectivity index (χ4v) is 3.01. The molecule has 0 saturated carbocycles. The molecule has 3 amide bonds. The van der Waals surface area contributed by atoms with Gasteiger partial charge in [0.05, 0.1) is 5.92 Å². The summed E-state index contributed by atoms with van der Waals surface area (Å²) in [5.41, 5.74) is 5.87. The van der Waals surface area contributed by atoms with Crippen molar-refractivity contribution in [3.05, 3.63) is 0 Å². The Kier molecular flexibility index (Phi) is 7.42. The van der Waals surface area contributed by atoms with E-state index in [1.165, 1.54) is 0 Å². The summed E-state index contributed by atoms with van der Waals surface area (Å²) < 4.78 is 0. The van der Waals surface area contributed by atoms with Gasteiger partial charge < -0.3 is 20.9 Å². The first kappa shape index (κ1) is 19.0. The first-order chi connectivity index (χ1) is 9.97. The lowest BCUT2D eigenvalue weighted by atomic mass is 9.97. The van der Waals surface area contributed by atoms with Crippen LogP contribution < -0.4 is 11.1 Å². The molecule has 1 unspecified atom stereocenters. The molecule has 6 nitrogen and oxygen atoms in total. The van der Waals surface area contributed by atoms with E-state index in [-0.39, 0.29) is 36.3 Å². The smallest absolute Gasteiger partial charge is 0.317 e. The maximum absolute atomic E-state index is 12.5. The van der Waals surface area contributed by atoms with Crippen molar-refractivity contribution >= 4 is 24.3 Å². The van der Waals surface area contributed by atoms with E-state index in [1.54, 1.807) is 4.90 Å². The molecule has 0 aromatic carbocycles. The summed E-state index contributed by atoms with van der Waals surface area (Å²) in [4.78, 5) is 28.3. The van der Waals surface area contributed by atoms with Gasteiger partial charge in [-0.3, -0.25) is 4.79 Å². The second kappa shape index (κ2) is 8.58. The van der Waals surface area contributed by atoms with Crippen molar-refractivity contribution in [2.24, 2.45) is 17.6 Å². The summed E-state index contributed by atoms with van der Waals surface area (Å²) in [6, 6.07) is 0.0716. The number of rotatable bonds is 3. The van der Waals surface area contributed by atoms with Crippen LogP contribution in [-0.2, 0) is 4.79 Å². The number of likely N-dealkylation sites (tertiary alicyclic amines) is 2. The minimum Gasteiger partial charge on any atom is -0.341 e. The molecular formula is C15H29ClN4O2. The Hall–Kier alpha value is -1.01. The Morgan fingerprint density at radius 1 is 1.18 bits per heavy atom. The van der Waals surface area contributed by atoms with E-state index in [2.05, 4.69) is 19.2 Å². The third-order valence-corrected chi connectivity index (χ3v) is 4.26. The Labute approximate surface area is 139 Å². The zero-order chi connectivity index (χ0) is 15.4. The number of hydrogen-bond acceptors (Lipinski definition) is 3. The third-order valence-electron chi connectivity index (χ3n) is 4.26. The molecule has 0 radical (unpaired) electrons. The molecule has 0 aliphatic carbocycles. The molecule has 2 atom stereocenters. The zero-order valence-electron chi connectivity index (χ0n) is 13.6. The zero-order valence-corrected chi connectivity index (χ0v) is 14.4. The van der Waals surface area contributed by atoms with Crippen molar-refractivity contribution < 1.29 is 9.59 Å². The molecule has 0 bridgehead atoms. The van der Waals surface area contributed by atoms with E-state index in [1.807, 2.05) is 4.90 Å². The number of urea groups is 1. The number of nitrogens with one attached hydrogen (secondary N) is 1. The van der Waals surface area contributed by atoms with Crippen LogP contribution in [0, 0.1) is 11.8 Å². The number of piperidine rings is 1. The topological polar surface area (TPSA) is 78.7 Å². The lowest BCUT2D eigenvalue weighted by Gasteiger charge is -2.34. The number of hydrogen-bond donors (Lipinski definition) is 2. The second-order valence-electron chi connectivity index (χ2n) is 6.70. The van der Waals surface area contributed by atoms with Gasteiger partial charge in [0.15, 0.2) is 0 Å². The predicted molar refractivity (Wildman–Crippen MR) is 89.0 cm³/mol. The molecule has 3 N–H and O–H groups in total. The van der Waals surface area contributed by atoms with Crippen LogP contribution in [0.15, 0.2) is 0 Å². The minimum absolute atomic E-state index is 0. The predicted octanol–water partition coefficient (Wildman–Crippen LogP) is 1.05. The van der Waals surface area contributed by atoms with Crippen molar-refractivity contribution in [2.45, 2.75) is 39.2 Å².